The van der Waals surface area contributed by atoms with Gasteiger partial charge in [0.2, 0.25) is 5.91 Å². The highest BCUT2D eigenvalue weighted by Gasteiger charge is 2.31. The largest absolute Gasteiger partial charge is 0.416 e. The molecule has 0 aliphatic carbocycles. The van der Waals surface area contributed by atoms with E-state index in [1.807, 2.05) is 18.7 Å². The van der Waals surface area contributed by atoms with Gasteiger partial charge in [-0.15, -0.1) is 0 Å². The number of aromatic nitrogens is 2. The standard InChI is InChI=1S/C20H22ClF3N4O2/c1-12(2)18(29)26-14-6-4-8-27(11-14)16-10-25-28(19(30)17(16)21)15-7-3-5-13(9-15)20(22,23)24/h3,5,7,9-10,12,14H,4,6,8,11H2,1-2H3,(H,26,29). The van der Waals surface area contributed by atoms with Gasteiger partial charge in [-0.1, -0.05) is 31.5 Å². The molecule has 10 heteroatoms. The molecule has 1 unspecified atom stereocenters. The summed E-state index contributed by atoms with van der Waals surface area (Å²) in [6.07, 6.45) is -1.57. The quantitative estimate of drug-likeness (QED) is 0.785. The highest BCUT2D eigenvalue weighted by molar-refractivity contribution is 6.33. The molecule has 3 rings (SSSR count). The molecule has 0 saturated carbocycles. The van der Waals surface area contributed by atoms with Crippen molar-refractivity contribution in [2.45, 2.75) is 38.9 Å². The maximum absolute atomic E-state index is 13.0. The van der Waals surface area contributed by atoms with E-state index in [-0.39, 0.29) is 28.6 Å². The zero-order chi connectivity index (χ0) is 22.1. The second kappa shape index (κ2) is 8.67. The van der Waals surface area contributed by atoms with Crippen molar-refractivity contribution in [2.24, 2.45) is 5.92 Å². The number of nitrogens with one attached hydrogen (secondary N) is 1. The molecule has 1 amide bonds. The number of nitrogens with zero attached hydrogens (tertiary/aromatic N) is 3. The highest BCUT2D eigenvalue weighted by Crippen LogP contribution is 2.30. The summed E-state index contributed by atoms with van der Waals surface area (Å²) < 4.78 is 39.8. The number of benzene rings is 1. The molecule has 1 fully saturated rings. The Bertz CT molecular complexity index is 991. The van der Waals surface area contributed by atoms with Crippen molar-refractivity contribution < 1.29 is 18.0 Å². The Morgan fingerprint density at radius 1 is 1.33 bits per heavy atom. The van der Waals surface area contributed by atoms with Crippen LogP contribution in [0.3, 0.4) is 0 Å². The maximum atomic E-state index is 13.0. The third kappa shape index (κ3) is 4.77. The van der Waals surface area contributed by atoms with E-state index in [9.17, 15) is 22.8 Å². The van der Waals surface area contributed by atoms with Gasteiger partial charge in [-0.05, 0) is 31.0 Å². The molecule has 30 heavy (non-hydrogen) atoms. The zero-order valence-electron chi connectivity index (χ0n) is 16.5. The van der Waals surface area contributed by atoms with Crippen LogP contribution in [0.25, 0.3) is 5.69 Å². The van der Waals surface area contributed by atoms with Gasteiger partial charge in [-0.2, -0.15) is 23.0 Å². The predicted octanol–water partition coefficient (Wildman–Crippen LogP) is 3.65. The fourth-order valence-corrected chi connectivity index (χ4v) is 3.57. The van der Waals surface area contributed by atoms with Crippen molar-refractivity contribution >= 4 is 23.2 Å². The Labute approximate surface area is 176 Å². The lowest BCUT2D eigenvalue weighted by atomic mass is 10.0. The van der Waals surface area contributed by atoms with E-state index in [2.05, 4.69) is 10.4 Å². The molecule has 1 aliphatic rings. The van der Waals surface area contributed by atoms with E-state index in [4.69, 9.17) is 11.6 Å². The Kier molecular flexibility index (Phi) is 6.40. The first-order chi connectivity index (χ1) is 14.1. The van der Waals surface area contributed by atoms with E-state index < -0.39 is 17.3 Å². The van der Waals surface area contributed by atoms with E-state index in [1.165, 1.54) is 18.3 Å². The Balaban J connectivity index is 1.87. The minimum atomic E-state index is -4.54. The summed E-state index contributed by atoms with van der Waals surface area (Å²) in [5.41, 5.74) is -1.21. The fraction of sp³-hybridized carbons (Fsp3) is 0.450. The van der Waals surface area contributed by atoms with Gasteiger partial charge in [0, 0.05) is 25.0 Å². The van der Waals surface area contributed by atoms with Crippen LogP contribution >= 0.6 is 11.6 Å². The minimum Gasteiger partial charge on any atom is -0.367 e. The molecule has 1 aromatic carbocycles. The normalized spacial score (nSPS) is 17.3. The van der Waals surface area contributed by atoms with E-state index >= 15 is 0 Å². The third-order valence-corrected chi connectivity index (χ3v) is 5.31. The second-order valence-corrected chi connectivity index (χ2v) is 7.94. The lowest BCUT2D eigenvalue weighted by Gasteiger charge is -2.35. The average Bonchev–Trinajstić information content (AvgIpc) is 2.69. The summed E-state index contributed by atoms with van der Waals surface area (Å²) in [4.78, 5) is 26.6. The zero-order valence-corrected chi connectivity index (χ0v) is 17.3. The highest BCUT2D eigenvalue weighted by atomic mass is 35.5. The Morgan fingerprint density at radius 3 is 2.73 bits per heavy atom. The lowest BCUT2D eigenvalue weighted by molar-refractivity contribution is -0.137. The Morgan fingerprint density at radius 2 is 2.07 bits per heavy atom. The second-order valence-electron chi connectivity index (χ2n) is 7.56. The molecule has 1 atom stereocenters. The van der Waals surface area contributed by atoms with Gasteiger partial charge in [0.25, 0.3) is 5.56 Å². The van der Waals surface area contributed by atoms with Crippen molar-refractivity contribution in [1.29, 1.82) is 0 Å². The lowest BCUT2D eigenvalue weighted by Crippen LogP contribution is -2.49. The van der Waals surface area contributed by atoms with Crippen LogP contribution in [-0.2, 0) is 11.0 Å². The van der Waals surface area contributed by atoms with E-state index in [1.54, 1.807) is 0 Å². The number of carbonyl (C=O) groups is 1. The smallest absolute Gasteiger partial charge is 0.367 e. The summed E-state index contributed by atoms with van der Waals surface area (Å²) in [5, 5.41) is 6.89. The van der Waals surface area contributed by atoms with Crippen LogP contribution < -0.4 is 15.8 Å². The van der Waals surface area contributed by atoms with Crippen molar-refractivity contribution in [3.8, 4) is 5.69 Å². The molecular formula is C20H22ClF3N4O2. The molecule has 2 aromatic rings. The van der Waals surface area contributed by atoms with E-state index in [0.29, 0.717) is 18.8 Å². The van der Waals surface area contributed by atoms with Gasteiger partial charge in [0.1, 0.15) is 5.02 Å². The number of hydrogen-bond acceptors (Lipinski definition) is 4. The topological polar surface area (TPSA) is 67.2 Å². The molecule has 2 heterocycles. The van der Waals surface area contributed by atoms with Crippen LogP contribution in [0.5, 0.6) is 0 Å². The summed E-state index contributed by atoms with van der Waals surface area (Å²) in [6, 6.07) is 4.25. The molecule has 1 aromatic heterocycles. The van der Waals surface area contributed by atoms with Gasteiger partial charge in [-0.25, -0.2) is 0 Å². The number of rotatable bonds is 4. The van der Waals surface area contributed by atoms with Crippen LogP contribution in [0, 0.1) is 5.92 Å². The number of anilines is 1. The van der Waals surface area contributed by atoms with Crippen LogP contribution in [-0.4, -0.2) is 34.8 Å². The fourth-order valence-electron chi connectivity index (χ4n) is 3.32. The van der Waals surface area contributed by atoms with Crippen LogP contribution in [0.1, 0.15) is 32.3 Å². The average molecular weight is 443 g/mol. The van der Waals surface area contributed by atoms with Gasteiger partial charge in [-0.3, -0.25) is 9.59 Å². The SMILES string of the molecule is CC(C)C(=O)NC1CCCN(c2cnn(-c3cccc(C(F)(F)F)c3)c(=O)c2Cl)C1. The van der Waals surface area contributed by atoms with Crippen molar-refractivity contribution in [1.82, 2.24) is 15.1 Å². The first-order valence-corrected chi connectivity index (χ1v) is 9.96. The number of alkyl halides is 3. The van der Waals surface area contributed by atoms with Gasteiger partial charge < -0.3 is 10.2 Å². The number of amides is 1. The summed E-state index contributed by atoms with van der Waals surface area (Å²) >= 11 is 6.29. The first-order valence-electron chi connectivity index (χ1n) is 9.58. The van der Waals surface area contributed by atoms with Crippen LogP contribution in [0.15, 0.2) is 35.3 Å². The van der Waals surface area contributed by atoms with Crippen LogP contribution in [0.2, 0.25) is 5.02 Å². The molecule has 1 saturated heterocycles. The summed E-state index contributed by atoms with van der Waals surface area (Å²) in [6.45, 7) is 4.71. The Hall–Kier alpha value is -2.55. The van der Waals surface area contributed by atoms with Gasteiger partial charge in [0.15, 0.2) is 0 Å². The molecule has 1 aliphatic heterocycles. The molecule has 0 bridgehead atoms. The van der Waals surface area contributed by atoms with Gasteiger partial charge in [0.05, 0.1) is 23.1 Å². The summed E-state index contributed by atoms with van der Waals surface area (Å²) in [7, 11) is 0. The number of hydrogen-bond donors (Lipinski definition) is 1. The van der Waals surface area contributed by atoms with E-state index in [0.717, 1.165) is 29.7 Å². The molecule has 0 radical (unpaired) electrons. The van der Waals surface area contributed by atoms with Gasteiger partial charge >= 0.3 is 6.18 Å². The first kappa shape index (κ1) is 22.1. The number of piperidine rings is 1. The molecule has 1 N–H and O–H groups in total. The molecular weight excluding hydrogens is 421 g/mol. The van der Waals surface area contributed by atoms with Crippen molar-refractivity contribution in [2.75, 3.05) is 18.0 Å². The summed E-state index contributed by atoms with van der Waals surface area (Å²) in [5.74, 6) is -0.187. The predicted molar refractivity (Wildman–Crippen MR) is 108 cm³/mol. The monoisotopic (exact) mass is 442 g/mol. The molecule has 0 spiro atoms. The molecule has 6 nitrogen and oxygen atoms in total. The minimum absolute atomic E-state index is 0.0241. The third-order valence-electron chi connectivity index (χ3n) is 4.95. The van der Waals surface area contributed by atoms with Crippen LogP contribution in [0.4, 0.5) is 18.9 Å². The number of carbonyl (C=O) groups excluding carboxylic acids is 1. The van der Waals surface area contributed by atoms with Crippen molar-refractivity contribution in [3.63, 3.8) is 0 Å². The maximum Gasteiger partial charge on any atom is 0.416 e. The van der Waals surface area contributed by atoms with Crippen molar-refractivity contribution in [3.05, 3.63) is 51.4 Å². The molecule has 162 valence electrons. The number of halogens is 4.